The molecular weight excluding hydrogens is 636 g/mol. The van der Waals surface area contributed by atoms with Crippen LogP contribution < -0.4 is 0 Å². The number of rotatable bonds is 26. The maximum Gasteiger partial charge on any atom is 0.306 e. The van der Waals surface area contributed by atoms with Gasteiger partial charge in [-0.1, -0.05) is 13.8 Å². The molecule has 0 aromatic heterocycles. The van der Waals surface area contributed by atoms with Gasteiger partial charge in [0, 0.05) is 0 Å². The van der Waals surface area contributed by atoms with Crippen LogP contribution >= 0.6 is 0 Å². The summed E-state index contributed by atoms with van der Waals surface area (Å²) in [6.45, 7) is 2.67. The number of aliphatic carboxylic acids is 9. The SMILES string of the molecule is CCC(CC(CC(CC(CC(CC(CC(CC(CC(C)C(=O)O)C(=O)O)C(=O)O)C(=O)O)C(=O)O)C(=O)O)C(=O)O)C(=O)O)C(=O)O. The maximum absolute atomic E-state index is 12.1. The van der Waals surface area contributed by atoms with Gasteiger partial charge in [0.15, 0.2) is 0 Å². The second-order valence-electron chi connectivity index (χ2n) is 11.8. The molecule has 0 saturated carbocycles. The van der Waals surface area contributed by atoms with Crippen molar-refractivity contribution >= 4 is 53.7 Å². The van der Waals surface area contributed by atoms with Gasteiger partial charge >= 0.3 is 53.7 Å². The van der Waals surface area contributed by atoms with E-state index in [4.69, 9.17) is 5.11 Å². The van der Waals surface area contributed by atoms with Crippen molar-refractivity contribution in [3.63, 3.8) is 0 Å². The van der Waals surface area contributed by atoms with Gasteiger partial charge in [0.05, 0.1) is 53.3 Å². The van der Waals surface area contributed by atoms with Gasteiger partial charge in [-0.25, -0.2) is 0 Å². The molecule has 0 bridgehead atoms. The average molecular weight is 679 g/mol. The van der Waals surface area contributed by atoms with Crippen LogP contribution in [0.4, 0.5) is 0 Å². The number of hydrogen-bond acceptors (Lipinski definition) is 9. The molecule has 0 aromatic carbocycles. The molecule has 0 saturated heterocycles. The molecule has 0 spiro atoms. The van der Waals surface area contributed by atoms with Crippen molar-refractivity contribution in [1.82, 2.24) is 0 Å². The first kappa shape index (κ1) is 42.2. The molecule has 18 nitrogen and oxygen atoms in total. The maximum atomic E-state index is 12.1. The lowest BCUT2D eigenvalue weighted by Gasteiger charge is -2.26. The van der Waals surface area contributed by atoms with Gasteiger partial charge in [-0.15, -0.1) is 0 Å². The summed E-state index contributed by atoms with van der Waals surface area (Å²) in [6, 6.07) is 0. The minimum atomic E-state index is -1.78. The Morgan fingerprint density at radius 3 is 0.638 bits per heavy atom. The molecule has 0 fully saturated rings. The van der Waals surface area contributed by atoms with E-state index in [0.29, 0.717) is 0 Å². The Kier molecular flexibility index (Phi) is 17.7. The Bertz CT molecular complexity index is 1180. The molecular formula is C29H42O18. The van der Waals surface area contributed by atoms with Crippen LogP contribution in [0.5, 0.6) is 0 Å². The smallest absolute Gasteiger partial charge is 0.306 e. The van der Waals surface area contributed by atoms with E-state index in [1.807, 2.05) is 0 Å². The Morgan fingerprint density at radius 2 is 0.489 bits per heavy atom. The Labute approximate surface area is 268 Å². The van der Waals surface area contributed by atoms with Crippen molar-refractivity contribution in [2.45, 2.75) is 71.6 Å². The van der Waals surface area contributed by atoms with Crippen molar-refractivity contribution < 1.29 is 89.1 Å². The van der Waals surface area contributed by atoms with E-state index in [-0.39, 0.29) is 6.42 Å². The highest BCUT2D eigenvalue weighted by atomic mass is 16.4. The third kappa shape index (κ3) is 14.9. The standard InChI is InChI=1S/C29H42O18/c1-3-13(22(32)33)5-15(24(36)37)7-17(26(40)41)9-19(28(44)45)11-20(29(46)47)10-18(27(42)43)8-16(25(38)39)6-14(23(34)35)4-12(2)21(30)31/h12-20H,3-11H2,1-2H3,(H,30,31)(H,32,33)(H,34,35)(H,36,37)(H,38,39)(H,40,41)(H,42,43)(H,44,45)(H,46,47). The largest absolute Gasteiger partial charge is 0.481 e. The lowest BCUT2D eigenvalue weighted by molar-refractivity contribution is -0.151. The van der Waals surface area contributed by atoms with Crippen LogP contribution in [0.25, 0.3) is 0 Å². The topological polar surface area (TPSA) is 336 Å². The van der Waals surface area contributed by atoms with Crippen LogP contribution in [-0.4, -0.2) is 99.7 Å². The van der Waals surface area contributed by atoms with E-state index < -0.39 is 158 Å². The molecule has 0 aliphatic rings. The predicted octanol–water partition coefficient (Wildman–Crippen LogP) is 1.84. The van der Waals surface area contributed by atoms with Gasteiger partial charge in [0.2, 0.25) is 0 Å². The lowest BCUT2D eigenvalue weighted by Crippen LogP contribution is -2.33. The minimum Gasteiger partial charge on any atom is -0.481 e. The molecule has 9 unspecified atom stereocenters. The fourth-order valence-electron chi connectivity index (χ4n) is 5.46. The number of carboxylic acid groups (broad SMARTS) is 9. The van der Waals surface area contributed by atoms with Crippen LogP contribution in [-0.2, 0) is 43.2 Å². The summed E-state index contributed by atoms with van der Waals surface area (Å²) in [5, 5.41) is 86.2. The van der Waals surface area contributed by atoms with E-state index in [0.717, 1.165) is 0 Å². The zero-order valence-corrected chi connectivity index (χ0v) is 25.8. The Hall–Kier alpha value is -4.77. The molecule has 0 heterocycles. The van der Waals surface area contributed by atoms with Gasteiger partial charge in [-0.05, 0) is 57.8 Å². The normalized spacial score (nSPS) is 17.0. The van der Waals surface area contributed by atoms with Crippen molar-refractivity contribution in [2.24, 2.45) is 53.3 Å². The first-order valence-electron chi connectivity index (χ1n) is 14.7. The fourth-order valence-corrected chi connectivity index (χ4v) is 5.46. The summed E-state index contributed by atoms with van der Waals surface area (Å²) in [4.78, 5) is 106. The predicted molar refractivity (Wildman–Crippen MR) is 153 cm³/mol. The highest BCUT2D eigenvalue weighted by Crippen LogP contribution is 2.33. The number of carboxylic acids is 9. The van der Waals surface area contributed by atoms with E-state index in [2.05, 4.69) is 0 Å². The fraction of sp³-hybridized carbons (Fsp3) is 0.690. The van der Waals surface area contributed by atoms with Gasteiger partial charge in [0.25, 0.3) is 0 Å². The first-order valence-corrected chi connectivity index (χ1v) is 14.7. The van der Waals surface area contributed by atoms with Gasteiger partial charge in [-0.3, -0.25) is 43.2 Å². The summed E-state index contributed by atoms with van der Waals surface area (Å²) in [7, 11) is 0. The van der Waals surface area contributed by atoms with Gasteiger partial charge in [-0.2, -0.15) is 0 Å². The van der Waals surface area contributed by atoms with Crippen LogP contribution in [0, 0.1) is 53.3 Å². The van der Waals surface area contributed by atoms with Crippen molar-refractivity contribution in [3.05, 3.63) is 0 Å². The summed E-state index contributed by atoms with van der Waals surface area (Å²) in [6.07, 6.45) is -5.54. The zero-order valence-electron chi connectivity index (χ0n) is 25.8. The van der Waals surface area contributed by atoms with Crippen LogP contribution in [0.2, 0.25) is 0 Å². The number of hydrogen-bond donors (Lipinski definition) is 9. The van der Waals surface area contributed by atoms with E-state index in [9.17, 15) is 84.0 Å². The summed E-state index contributed by atoms with van der Waals surface area (Å²) in [5.41, 5.74) is 0. The van der Waals surface area contributed by atoms with Gasteiger partial charge in [0.1, 0.15) is 0 Å². The molecule has 18 heteroatoms. The molecule has 0 rings (SSSR count). The van der Waals surface area contributed by atoms with Crippen LogP contribution in [0.15, 0.2) is 0 Å². The highest BCUT2D eigenvalue weighted by molar-refractivity contribution is 5.79. The van der Waals surface area contributed by atoms with Crippen LogP contribution in [0.3, 0.4) is 0 Å². The lowest BCUT2D eigenvalue weighted by atomic mass is 9.77. The van der Waals surface area contributed by atoms with E-state index in [1.54, 1.807) is 0 Å². The van der Waals surface area contributed by atoms with Crippen molar-refractivity contribution in [2.75, 3.05) is 0 Å². The quantitative estimate of drug-likeness (QED) is 0.0630. The highest BCUT2D eigenvalue weighted by Gasteiger charge is 2.39. The molecule has 9 N–H and O–H groups in total. The summed E-state index contributed by atoms with van der Waals surface area (Å²) in [5.74, 6) is -28.0. The Morgan fingerprint density at radius 1 is 0.319 bits per heavy atom. The second kappa shape index (κ2) is 19.7. The molecule has 0 aliphatic carbocycles. The molecule has 9 atom stereocenters. The van der Waals surface area contributed by atoms with E-state index >= 15 is 0 Å². The zero-order chi connectivity index (χ0) is 36.8. The Balaban J connectivity index is 6.12. The molecule has 266 valence electrons. The molecule has 47 heavy (non-hydrogen) atoms. The molecule has 0 aromatic rings. The van der Waals surface area contributed by atoms with Crippen molar-refractivity contribution in [1.29, 1.82) is 0 Å². The summed E-state index contributed by atoms with van der Waals surface area (Å²) >= 11 is 0. The number of carbonyl (C=O) groups is 9. The minimum absolute atomic E-state index is 0.0286. The second-order valence-corrected chi connectivity index (χ2v) is 11.8. The van der Waals surface area contributed by atoms with Gasteiger partial charge < -0.3 is 46.0 Å². The van der Waals surface area contributed by atoms with E-state index in [1.165, 1.54) is 13.8 Å². The van der Waals surface area contributed by atoms with Crippen LogP contribution in [0.1, 0.15) is 71.6 Å². The molecule has 0 radical (unpaired) electrons. The average Bonchev–Trinajstić information content (AvgIpc) is 2.94. The third-order valence-corrected chi connectivity index (χ3v) is 8.33. The summed E-state index contributed by atoms with van der Waals surface area (Å²) < 4.78 is 0. The first-order chi connectivity index (χ1) is 21.6. The molecule has 0 aliphatic heterocycles. The molecule has 0 amide bonds. The third-order valence-electron chi connectivity index (χ3n) is 8.33. The monoisotopic (exact) mass is 678 g/mol. The van der Waals surface area contributed by atoms with Crippen molar-refractivity contribution in [3.8, 4) is 0 Å².